The van der Waals surface area contributed by atoms with Crippen LogP contribution in [0.2, 0.25) is 0 Å². The van der Waals surface area contributed by atoms with E-state index in [2.05, 4.69) is 11.1 Å². The molecule has 0 spiro atoms. The first kappa shape index (κ1) is 43.8. The Morgan fingerprint density at radius 1 is 0.382 bits per heavy atom. The van der Waals surface area contributed by atoms with E-state index in [1.54, 1.807) is 95.8 Å². The molecule has 0 aliphatic carbocycles. The molecule has 0 N–H and O–H groups in total. The Kier molecular flexibility index (Phi) is 9.99. The number of aromatic nitrogens is 3. The van der Waals surface area contributed by atoms with E-state index in [-0.39, 0.29) is 28.8 Å². The summed E-state index contributed by atoms with van der Waals surface area (Å²) in [5.74, 6) is 0. The number of benzene rings is 7. The van der Waals surface area contributed by atoms with E-state index in [1.807, 2.05) is 4.57 Å². The number of nitrogens with zero attached hydrogens (tertiary/aromatic N) is 4. The van der Waals surface area contributed by atoms with Crippen molar-refractivity contribution in [1.29, 1.82) is 5.26 Å². The third-order valence-corrected chi connectivity index (χ3v) is 12.0. The smallest absolute Gasteiger partial charge is 0.309 e. The molecule has 7 aromatic carbocycles. The molecule has 0 radical (unpaired) electrons. The number of rotatable bonds is 5. The van der Waals surface area contributed by atoms with Crippen LogP contribution in [0.4, 0.5) is 52.7 Å². The largest absolute Gasteiger partial charge is 0.417 e. The number of pyridine rings is 1. The van der Waals surface area contributed by atoms with Crippen LogP contribution in [0.25, 0.3) is 88.4 Å². The van der Waals surface area contributed by atoms with Crippen LogP contribution >= 0.6 is 0 Å². The molecule has 0 saturated carbocycles. The van der Waals surface area contributed by atoms with Crippen LogP contribution in [-0.4, -0.2) is 14.1 Å². The second-order valence-corrected chi connectivity index (χ2v) is 15.9. The van der Waals surface area contributed by atoms with E-state index in [1.165, 1.54) is 30.3 Å². The summed E-state index contributed by atoms with van der Waals surface area (Å²) < 4.78 is 171. The van der Waals surface area contributed by atoms with Gasteiger partial charge in [0.05, 0.1) is 61.3 Å². The first-order chi connectivity index (χ1) is 32.2. The van der Waals surface area contributed by atoms with Crippen LogP contribution in [-0.2, 0) is 24.7 Å². The lowest BCUT2D eigenvalue weighted by atomic mass is 9.95. The van der Waals surface area contributed by atoms with Crippen molar-refractivity contribution in [2.24, 2.45) is 0 Å². The molecule has 0 saturated heterocycles. The maximum absolute atomic E-state index is 14.4. The van der Waals surface area contributed by atoms with Crippen LogP contribution in [0.3, 0.4) is 0 Å². The molecule has 0 fully saturated rings. The van der Waals surface area contributed by atoms with Gasteiger partial charge in [-0.3, -0.25) is 4.98 Å². The maximum atomic E-state index is 14.4. The quantitative estimate of drug-likeness (QED) is 0.161. The average Bonchev–Trinajstić information content (AvgIpc) is 3.82. The minimum absolute atomic E-state index is 0.00254. The number of hydrogen-bond acceptors (Lipinski definition) is 2. The first-order valence-electron chi connectivity index (χ1n) is 20.4. The van der Waals surface area contributed by atoms with E-state index in [0.29, 0.717) is 78.2 Å². The van der Waals surface area contributed by atoms with Crippen molar-refractivity contribution in [3.63, 3.8) is 0 Å². The molecule has 4 nitrogen and oxygen atoms in total. The molecule has 3 aromatic heterocycles. The van der Waals surface area contributed by atoms with Gasteiger partial charge in [0.1, 0.15) is 6.07 Å². The van der Waals surface area contributed by atoms with Crippen LogP contribution in [0.5, 0.6) is 0 Å². The lowest BCUT2D eigenvalue weighted by molar-refractivity contribution is -0.144. The zero-order chi connectivity index (χ0) is 48.1. The highest BCUT2D eigenvalue weighted by Crippen LogP contribution is 2.46. The Bertz CT molecular complexity index is 3700. The zero-order valence-electron chi connectivity index (χ0n) is 34.3. The number of fused-ring (bicyclic) bond motifs is 6. The molecule has 3 heterocycles. The molecule has 0 aliphatic rings. The van der Waals surface area contributed by atoms with Crippen LogP contribution < -0.4 is 0 Å². The van der Waals surface area contributed by atoms with Gasteiger partial charge < -0.3 is 9.13 Å². The van der Waals surface area contributed by atoms with Crippen LogP contribution in [0, 0.1) is 11.3 Å². The summed E-state index contributed by atoms with van der Waals surface area (Å²) in [5, 5.41) is 13.0. The van der Waals surface area contributed by atoms with Crippen molar-refractivity contribution in [1.82, 2.24) is 14.1 Å². The van der Waals surface area contributed by atoms with Gasteiger partial charge in [-0.15, -0.1) is 0 Å². The predicted octanol–water partition coefficient (Wildman–Crippen LogP) is 16.2. The van der Waals surface area contributed by atoms with Gasteiger partial charge in [-0.25, -0.2) is 0 Å². The summed E-state index contributed by atoms with van der Waals surface area (Å²) in [7, 11) is 0. The fourth-order valence-electron chi connectivity index (χ4n) is 9.01. The molecule has 0 bridgehead atoms. The van der Waals surface area contributed by atoms with E-state index in [9.17, 15) is 57.9 Å². The topological polar surface area (TPSA) is 46.5 Å². The van der Waals surface area contributed by atoms with Crippen molar-refractivity contribution in [3.05, 3.63) is 186 Å². The SMILES string of the molecule is N#Cc1cc(-n2c3ccccc3c3cc(-c4ccc(C(F)(F)F)cc4C(F)(F)F)ccc32)c(-c2ccncc2)cc1-n1c2ccccc2c2cc(-c3ccc(C(F)(F)F)cc3C(F)(F)F)ccc21. The molecule has 10 aromatic rings. The van der Waals surface area contributed by atoms with Crippen LogP contribution in [0.15, 0.2) is 158 Å². The summed E-state index contributed by atoms with van der Waals surface area (Å²) >= 11 is 0. The highest BCUT2D eigenvalue weighted by molar-refractivity contribution is 6.12. The summed E-state index contributed by atoms with van der Waals surface area (Å²) in [5.41, 5.74) is -2.64. The normalized spacial score (nSPS) is 12.7. The lowest BCUT2D eigenvalue weighted by Gasteiger charge is -2.19. The average molecular weight is 935 g/mol. The van der Waals surface area contributed by atoms with Crippen LogP contribution in [0.1, 0.15) is 27.8 Å². The van der Waals surface area contributed by atoms with Gasteiger partial charge in [0.15, 0.2) is 0 Å². The Labute approximate surface area is 376 Å². The molecule has 16 heteroatoms. The molecule has 68 heavy (non-hydrogen) atoms. The summed E-state index contributed by atoms with van der Waals surface area (Å²) in [4.78, 5) is 4.17. The Morgan fingerprint density at radius 2 is 0.824 bits per heavy atom. The fraction of sp³-hybridized carbons (Fsp3) is 0.0769. The number of para-hydroxylation sites is 2. The Morgan fingerprint density at radius 3 is 1.26 bits per heavy atom. The summed E-state index contributed by atoms with van der Waals surface area (Å²) in [6.45, 7) is 0. The molecular weight excluding hydrogens is 909 g/mol. The van der Waals surface area contributed by atoms with Gasteiger partial charge >= 0.3 is 24.7 Å². The van der Waals surface area contributed by atoms with E-state index in [0.717, 1.165) is 12.1 Å². The van der Waals surface area contributed by atoms with Gasteiger partial charge in [-0.1, -0.05) is 60.7 Å². The van der Waals surface area contributed by atoms with Crippen molar-refractivity contribution >= 4 is 43.6 Å². The predicted molar refractivity (Wildman–Crippen MR) is 234 cm³/mol. The number of nitriles is 1. The Hall–Kier alpha value is -8.06. The van der Waals surface area contributed by atoms with Gasteiger partial charge in [-0.2, -0.15) is 57.9 Å². The van der Waals surface area contributed by atoms with Crippen molar-refractivity contribution in [3.8, 4) is 50.8 Å². The molecule has 0 aliphatic heterocycles. The second kappa shape index (κ2) is 15.5. The minimum Gasteiger partial charge on any atom is -0.309 e. The van der Waals surface area contributed by atoms with Gasteiger partial charge in [0, 0.05) is 39.5 Å². The standard InChI is InChI=1S/C52H26F12N4/c53-49(54,55)32-11-13-34(41(24-32)51(59,60)61)29-9-15-45-39(21-29)36-5-1-3-7-43(36)67(45)47-26-38(28-17-19-66-20-18-28)48(23-31(47)27-65)68-44-8-4-2-6-37(44)40-22-30(10-16-46(40)68)35-14-12-33(50(56,57)58)25-42(35)52(62,63)64/h1-26H. The molecule has 10 rings (SSSR count). The van der Waals surface area contributed by atoms with Gasteiger partial charge in [-0.05, 0) is 113 Å². The minimum atomic E-state index is -5.13. The monoisotopic (exact) mass is 934 g/mol. The molecule has 0 amide bonds. The van der Waals surface area contributed by atoms with Crippen molar-refractivity contribution < 1.29 is 52.7 Å². The third-order valence-electron chi connectivity index (χ3n) is 12.0. The second-order valence-electron chi connectivity index (χ2n) is 15.9. The zero-order valence-corrected chi connectivity index (χ0v) is 34.3. The fourth-order valence-corrected chi connectivity index (χ4v) is 9.01. The maximum Gasteiger partial charge on any atom is 0.417 e. The third kappa shape index (κ3) is 7.34. The number of alkyl halides is 12. The van der Waals surface area contributed by atoms with E-state index in [4.69, 9.17) is 0 Å². The molecule has 0 atom stereocenters. The Balaban J connectivity index is 1.20. The summed E-state index contributed by atoms with van der Waals surface area (Å²) in [6, 6.07) is 34.8. The van der Waals surface area contributed by atoms with Gasteiger partial charge in [0.2, 0.25) is 0 Å². The number of halogens is 12. The highest BCUT2D eigenvalue weighted by Gasteiger charge is 2.40. The first-order valence-corrected chi connectivity index (χ1v) is 20.4. The van der Waals surface area contributed by atoms with E-state index < -0.39 is 58.1 Å². The molecule has 338 valence electrons. The van der Waals surface area contributed by atoms with Gasteiger partial charge in [0.25, 0.3) is 0 Å². The van der Waals surface area contributed by atoms with E-state index >= 15 is 0 Å². The summed E-state index contributed by atoms with van der Waals surface area (Å²) in [6.07, 6.45) is -17.2. The molecular formula is C52H26F12N4. The molecule has 0 unspecified atom stereocenters. The lowest BCUT2D eigenvalue weighted by Crippen LogP contribution is -2.12. The van der Waals surface area contributed by atoms with Crippen molar-refractivity contribution in [2.75, 3.05) is 0 Å². The number of hydrogen-bond donors (Lipinski definition) is 0. The highest BCUT2D eigenvalue weighted by atomic mass is 19.4. The van der Waals surface area contributed by atoms with Crippen molar-refractivity contribution in [2.45, 2.75) is 24.7 Å².